The van der Waals surface area contributed by atoms with Crippen molar-refractivity contribution in [1.82, 2.24) is 0 Å². The molecule has 0 bridgehead atoms. The Morgan fingerprint density at radius 1 is 1.22 bits per heavy atom. The van der Waals surface area contributed by atoms with Crippen molar-refractivity contribution >= 4 is 28.9 Å². The number of carbonyl (C=O) groups is 2. The van der Waals surface area contributed by atoms with E-state index in [1.807, 2.05) is 0 Å². The summed E-state index contributed by atoms with van der Waals surface area (Å²) in [6, 6.07) is 6.58. The van der Waals surface area contributed by atoms with Crippen LogP contribution in [-0.2, 0) is 0 Å². The summed E-state index contributed by atoms with van der Waals surface area (Å²) in [6.07, 6.45) is 0.441. The second kappa shape index (κ2) is 5.42. The first-order chi connectivity index (χ1) is 8.66. The van der Waals surface area contributed by atoms with Gasteiger partial charge >= 0.3 is 0 Å². The summed E-state index contributed by atoms with van der Waals surface area (Å²) in [5.41, 5.74) is 0.777. The van der Waals surface area contributed by atoms with Gasteiger partial charge in [-0.05, 0) is 6.42 Å². The fourth-order valence-corrected chi connectivity index (χ4v) is 2.12. The van der Waals surface area contributed by atoms with Crippen molar-refractivity contribution in [2.75, 3.05) is 13.2 Å². The van der Waals surface area contributed by atoms with E-state index >= 15 is 0 Å². The minimum Gasteiger partial charge on any atom is -0.396 e. The lowest BCUT2D eigenvalue weighted by molar-refractivity contribution is 0.0967. The third-order valence-corrected chi connectivity index (χ3v) is 3.14. The van der Waals surface area contributed by atoms with Crippen LogP contribution in [0.5, 0.6) is 0 Å². The summed E-state index contributed by atoms with van der Waals surface area (Å²) in [6.45, 7) is 0.276. The lowest BCUT2D eigenvalue weighted by Gasteiger charge is -2.19. The van der Waals surface area contributed by atoms with Crippen LogP contribution < -0.4 is 0 Å². The van der Waals surface area contributed by atoms with Crippen molar-refractivity contribution in [1.29, 1.82) is 0 Å². The molecule has 0 aliphatic heterocycles. The average Bonchev–Trinajstić information content (AvgIpc) is 2.40. The van der Waals surface area contributed by atoms with Crippen LogP contribution in [0, 0.1) is 0 Å². The number of carbonyl (C=O) groups excluding carboxylic acids is 2. The molecule has 1 unspecified atom stereocenters. The molecule has 1 aromatic carbocycles. The number of hydrogen-bond acceptors (Lipinski definition) is 4. The summed E-state index contributed by atoms with van der Waals surface area (Å²) >= 11 is 5.97. The second-order valence-electron chi connectivity index (χ2n) is 3.95. The van der Waals surface area contributed by atoms with Gasteiger partial charge in [-0.2, -0.15) is 0 Å². The molecular formula is C13H12ClNO3. The molecule has 0 aromatic heterocycles. The van der Waals surface area contributed by atoms with Gasteiger partial charge in [0.25, 0.3) is 0 Å². The Balaban J connectivity index is 2.39. The molecule has 1 aromatic rings. The Bertz CT molecular complexity index is 525. The predicted molar refractivity (Wildman–Crippen MR) is 68.7 cm³/mol. The van der Waals surface area contributed by atoms with E-state index < -0.39 is 5.38 Å². The molecule has 0 radical (unpaired) electrons. The molecule has 0 spiro atoms. The zero-order chi connectivity index (χ0) is 13.1. The topological polar surface area (TPSA) is 66.7 Å². The normalized spacial score (nSPS) is 21.2. The van der Waals surface area contributed by atoms with Crippen molar-refractivity contribution in [2.24, 2.45) is 4.99 Å². The highest BCUT2D eigenvalue weighted by Gasteiger charge is 2.36. The smallest absolute Gasteiger partial charge is 0.209 e. The molecule has 18 heavy (non-hydrogen) atoms. The molecule has 94 valence electrons. The molecule has 1 atom stereocenters. The van der Waals surface area contributed by atoms with Crippen LogP contribution in [0.1, 0.15) is 27.1 Å². The molecule has 2 rings (SSSR count). The summed E-state index contributed by atoms with van der Waals surface area (Å²) in [5, 5.41) is 7.66. The fourth-order valence-electron chi connectivity index (χ4n) is 1.83. The molecule has 0 saturated carbocycles. The maximum absolute atomic E-state index is 12.1. The Morgan fingerprint density at radius 2 is 1.89 bits per heavy atom. The lowest BCUT2D eigenvalue weighted by atomic mass is 9.88. The van der Waals surface area contributed by atoms with Crippen LogP contribution >= 0.6 is 11.6 Å². The largest absolute Gasteiger partial charge is 0.396 e. The van der Waals surface area contributed by atoms with E-state index in [1.165, 1.54) is 0 Å². The Kier molecular flexibility index (Phi) is 3.89. The van der Waals surface area contributed by atoms with Crippen molar-refractivity contribution in [3.63, 3.8) is 0 Å². The first-order valence-corrected chi connectivity index (χ1v) is 6.07. The van der Waals surface area contributed by atoms with Crippen LogP contribution in [0.4, 0.5) is 0 Å². The minimum atomic E-state index is -1.02. The van der Waals surface area contributed by atoms with Gasteiger partial charge in [-0.1, -0.05) is 24.3 Å². The monoisotopic (exact) mass is 265 g/mol. The van der Waals surface area contributed by atoms with Crippen LogP contribution in [0.25, 0.3) is 0 Å². The SMILES string of the molecule is O=C1C(=NCCCO)C(Cl)C(=O)c2ccccc21. The fraction of sp³-hybridized carbons (Fsp3) is 0.308. The van der Waals surface area contributed by atoms with E-state index in [1.54, 1.807) is 24.3 Å². The molecule has 5 heteroatoms. The second-order valence-corrected chi connectivity index (χ2v) is 4.38. The molecule has 0 saturated heterocycles. The number of nitrogens with zero attached hydrogens (tertiary/aromatic N) is 1. The zero-order valence-electron chi connectivity index (χ0n) is 9.60. The van der Waals surface area contributed by atoms with Gasteiger partial charge in [0.15, 0.2) is 5.78 Å². The number of aliphatic hydroxyl groups is 1. The quantitative estimate of drug-likeness (QED) is 0.665. The van der Waals surface area contributed by atoms with Crippen molar-refractivity contribution in [3.05, 3.63) is 35.4 Å². The standard InChI is InChI=1S/C13H12ClNO3/c14-10-11(15-6-3-7-16)13(18)9-5-2-1-4-8(9)12(10)17/h1-2,4-5,10,16H,3,6-7H2. The number of rotatable bonds is 3. The first-order valence-electron chi connectivity index (χ1n) is 5.64. The van der Waals surface area contributed by atoms with Gasteiger partial charge in [0, 0.05) is 24.3 Å². The predicted octanol–water partition coefficient (Wildman–Crippen LogP) is 1.50. The number of benzene rings is 1. The number of aliphatic imine (C=N–C) groups is 1. The van der Waals surface area contributed by atoms with Crippen molar-refractivity contribution in [2.45, 2.75) is 11.8 Å². The molecule has 0 heterocycles. The van der Waals surface area contributed by atoms with E-state index in [-0.39, 0.29) is 30.4 Å². The van der Waals surface area contributed by atoms with E-state index in [2.05, 4.69) is 4.99 Å². The van der Waals surface area contributed by atoms with E-state index in [0.717, 1.165) is 0 Å². The maximum Gasteiger partial charge on any atom is 0.209 e. The van der Waals surface area contributed by atoms with E-state index in [0.29, 0.717) is 17.5 Å². The van der Waals surface area contributed by atoms with Crippen molar-refractivity contribution < 1.29 is 14.7 Å². The van der Waals surface area contributed by atoms with Crippen molar-refractivity contribution in [3.8, 4) is 0 Å². The number of hydrogen-bond donors (Lipinski definition) is 1. The lowest BCUT2D eigenvalue weighted by Crippen LogP contribution is -2.38. The molecule has 1 N–H and O–H groups in total. The Labute approximate surface area is 109 Å². The number of ketones is 2. The van der Waals surface area contributed by atoms with Gasteiger partial charge < -0.3 is 5.11 Å². The van der Waals surface area contributed by atoms with Gasteiger partial charge in [-0.25, -0.2) is 0 Å². The Morgan fingerprint density at radius 3 is 2.56 bits per heavy atom. The van der Waals surface area contributed by atoms with E-state index in [4.69, 9.17) is 16.7 Å². The molecule has 1 aliphatic rings. The van der Waals surface area contributed by atoms with Crippen LogP contribution in [0.2, 0.25) is 0 Å². The van der Waals surface area contributed by atoms with Gasteiger partial charge in [0.05, 0.1) is 0 Å². The minimum absolute atomic E-state index is 0.0115. The van der Waals surface area contributed by atoms with Crippen LogP contribution in [-0.4, -0.2) is 40.9 Å². The number of alkyl halides is 1. The molecule has 1 aliphatic carbocycles. The average molecular weight is 266 g/mol. The van der Waals surface area contributed by atoms with Crippen LogP contribution in [0.15, 0.2) is 29.3 Å². The molecule has 4 nitrogen and oxygen atoms in total. The zero-order valence-corrected chi connectivity index (χ0v) is 10.4. The number of fused-ring (bicyclic) bond motifs is 1. The highest BCUT2D eigenvalue weighted by molar-refractivity contribution is 6.64. The third kappa shape index (κ3) is 2.21. The maximum atomic E-state index is 12.1. The number of aliphatic hydroxyl groups excluding tert-OH is 1. The highest BCUT2D eigenvalue weighted by Crippen LogP contribution is 2.23. The molecule has 0 amide bonds. The van der Waals surface area contributed by atoms with Gasteiger partial charge in [-0.3, -0.25) is 14.6 Å². The van der Waals surface area contributed by atoms with Gasteiger partial charge in [0.2, 0.25) is 5.78 Å². The molecule has 0 fully saturated rings. The highest BCUT2D eigenvalue weighted by atomic mass is 35.5. The van der Waals surface area contributed by atoms with Gasteiger partial charge in [-0.15, -0.1) is 11.6 Å². The summed E-state index contributed by atoms with van der Waals surface area (Å²) < 4.78 is 0. The summed E-state index contributed by atoms with van der Waals surface area (Å²) in [4.78, 5) is 28.2. The summed E-state index contributed by atoms with van der Waals surface area (Å²) in [7, 11) is 0. The Hall–Kier alpha value is -1.52. The summed E-state index contributed by atoms with van der Waals surface area (Å²) in [5.74, 6) is -0.599. The number of Topliss-reactive ketones (excluding diaryl/α,β-unsaturated/α-hetero) is 2. The van der Waals surface area contributed by atoms with Gasteiger partial charge in [0.1, 0.15) is 11.1 Å². The van der Waals surface area contributed by atoms with E-state index in [9.17, 15) is 9.59 Å². The number of halogens is 1. The first kappa shape index (κ1) is 12.9. The molecular weight excluding hydrogens is 254 g/mol. The van der Waals surface area contributed by atoms with Crippen LogP contribution in [0.3, 0.4) is 0 Å². The third-order valence-electron chi connectivity index (χ3n) is 2.74.